The van der Waals surface area contributed by atoms with Gasteiger partial charge in [0.1, 0.15) is 0 Å². The number of carbonyl (C=O) groups excluding carboxylic acids is 1. The maximum atomic E-state index is 12.8. The largest absolute Gasteiger partial charge is 0.378 e. The molecule has 1 aromatic carbocycles. The van der Waals surface area contributed by atoms with Crippen molar-refractivity contribution >= 4 is 18.3 Å². The van der Waals surface area contributed by atoms with Crippen LogP contribution in [-0.2, 0) is 4.74 Å². The molecule has 142 valence electrons. The summed E-state index contributed by atoms with van der Waals surface area (Å²) >= 11 is 0. The van der Waals surface area contributed by atoms with E-state index in [0.717, 1.165) is 43.7 Å². The summed E-state index contributed by atoms with van der Waals surface area (Å²) in [6, 6.07) is 9.84. The summed E-state index contributed by atoms with van der Waals surface area (Å²) < 4.78 is 7.58. The van der Waals surface area contributed by atoms with Crippen molar-refractivity contribution in [2.45, 2.75) is 32.3 Å². The first-order valence-corrected chi connectivity index (χ1v) is 8.91. The molecular formula is C19H27ClN4O2. The lowest BCUT2D eigenvalue weighted by atomic mass is 10.1. The molecule has 0 spiro atoms. The number of halogens is 1. The number of para-hydroxylation sites is 1. The Labute approximate surface area is 160 Å². The van der Waals surface area contributed by atoms with Crippen LogP contribution in [0.5, 0.6) is 0 Å². The molecule has 0 unspecified atom stereocenters. The van der Waals surface area contributed by atoms with Gasteiger partial charge in [-0.15, -0.1) is 12.4 Å². The molecule has 0 radical (unpaired) electrons. The van der Waals surface area contributed by atoms with E-state index in [1.165, 1.54) is 0 Å². The molecule has 3 rings (SSSR count). The van der Waals surface area contributed by atoms with Crippen molar-refractivity contribution in [1.82, 2.24) is 14.7 Å². The van der Waals surface area contributed by atoms with Crippen LogP contribution < -0.4 is 5.73 Å². The average Bonchev–Trinajstić information content (AvgIpc) is 3.04. The Kier molecular flexibility index (Phi) is 7.63. The van der Waals surface area contributed by atoms with E-state index in [0.29, 0.717) is 18.7 Å². The predicted molar refractivity (Wildman–Crippen MR) is 104 cm³/mol. The number of ether oxygens (including phenoxy) is 1. The van der Waals surface area contributed by atoms with Crippen LogP contribution in [0.15, 0.2) is 36.5 Å². The topological polar surface area (TPSA) is 73.4 Å². The summed E-state index contributed by atoms with van der Waals surface area (Å²) in [6.07, 6.45) is 4.71. The van der Waals surface area contributed by atoms with Crippen molar-refractivity contribution in [3.05, 3.63) is 47.8 Å². The van der Waals surface area contributed by atoms with Gasteiger partial charge in [-0.25, -0.2) is 4.68 Å². The number of carbonyl (C=O) groups is 1. The fourth-order valence-corrected chi connectivity index (χ4v) is 3.11. The van der Waals surface area contributed by atoms with Crippen LogP contribution in [0.1, 0.15) is 35.3 Å². The normalized spacial score (nSPS) is 14.9. The minimum absolute atomic E-state index is 0. The maximum Gasteiger partial charge on any atom is 0.257 e. The number of nitrogens with two attached hydrogens (primary N) is 1. The van der Waals surface area contributed by atoms with E-state index in [2.05, 4.69) is 5.10 Å². The van der Waals surface area contributed by atoms with Gasteiger partial charge in [-0.1, -0.05) is 18.2 Å². The molecule has 2 N–H and O–H groups in total. The van der Waals surface area contributed by atoms with Gasteiger partial charge in [-0.3, -0.25) is 4.79 Å². The summed E-state index contributed by atoms with van der Waals surface area (Å²) in [5.41, 5.74) is 7.87. The molecule has 1 aliphatic heterocycles. The van der Waals surface area contributed by atoms with Gasteiger partial charge in [-0.2, -0.15) is 5.10 Å². The Morgan fingerprint density at radius 2 is 1.96 bits per heavy atom. The van der Waals surface area contributed by atoms with Crippen molar-refractivity contribution in [3.63, 3.8) is 0 Å². The van der Waals surface area contributed by atoms with Crippen molar-refractivity contribution in [2.75, 3.05) is 26.2 Å². The quantitative estimate of drug-likeness (QED) is 0.784. The smallest absolute Gasteiger partial charge is 0.257 e. The van der Waals surface area contributed by atoms with E-state index < -0.39 is 0 Å². The molecule has 1 aliphatic rings. The van der Waals surface area contributed by atoms with E-state index >= 15 is 0 Å². The van der Waals surface area contributed by atoms with Crippen molar-refractivity contribution in [3.8, 4) is 5.69 Å². The van der Waals surface area contributed by atoms with Crippen LogP contribution >= 0.6 is 12.4 Å². The highest BCUT2D eigenvalue weighted by Gasteiger charge is 2.26. The Morgan fingerprint density at radius 1 is 1.27 bits per heavy atom. The van der Waals surface area contributed by atoms with Gasteiger partial charge < -0.3 is 15.4 Å². The summed E-state index contributed by atoms with van der Waals surface area (Å²) in [6.45, 7) is 4.69. The van der Waals surface area contributed by atoms with Crippen LogP contribution in [0.25, 0.3) is 5.69 Å². The van der Waals surface area contributed by atoms with E-state index in [-0.39, 0.29) is 24.4 Å². The highest BCUT2D eigenvalue weighted by atomic mass is 35.5. The van der Waals surface area contributed by atoms with Gasteiger partial charge in [0.05, 0.1) is 23.0 Å². The number of rotatable bonds is 6. The second-order valence-corrected chi connectivity index (χ2v) is 6.41. The second-order valence-electron chi connectivity index (χ2n) is 6.41. The second kappa shape index (κ2) is 9.71. The molecule has 7 heteroatoms. The van der Waals surface area contributed by atoms with E-state index in [9.17, 15) is 4.79 Å². The number of nitrogens with zero attached hydrogens (tertiary/aromatic N) is 3. The zero-order chi connectivity index (χ0) is 17.6. The Balaban J connectivity index is 0.00000243. The van der Waals surface area contributed by atoms with Gasteiger partial charge in [-0.05, 0) is 44.9 Å². The van der Waals surface area contributed by atoms with Gasteiger partial charge in [0.15, 0.2) is 0 Å². The molecule has 0 saturated carbocycles. The maximum absolute atomic E-state index is 12.8. The molecule has 1 saturated heterocycles. The number of aryl methyl sites for hydroxylation is 1. The molecule has 2 heterocycles. The monoisotopic (exact) mass is 378 g/mol. The highest BCUT2D eigenvalue weighted by Crippen LogP contribution is 2.19. The van der Waals surface area contributed by atoms with Crippen LogP contribution in [0, 0.1) is 6.92 Å². The van der Waals surface area contributed by atoms with E-state index in [1.807, 2.05) is 48.4 Å². The van der Waals surface area contributed by atoms with Gasteiger partial charge in [0, 0.05) is 25.9 Å². The molecule has 0 bridgehead atoms. The molecule has 6 nitrogen and oxygen atoms in total. The zero-order valence-electron chi connectivity index (χ0n) is 15.1. The zero-order valence-corrected chi connectivity index (χ0v) is 16.0. The minimum atomic E-state index is 0. The van der Waals surface area contributed by atoms with E-state index in [4.69, 9.17) is 10.5 Å². The summed E-state index contributed by atoms with van der Waals surface area (Å²) in [7, 11) is 0. The Hall–Kier alpha value is -1.89. The van der Waals surface area contributed by atoms with Crippen molar-refractivity contribution in [2.24, 2.45) is 5.73 Å². The number of aromatic nitrogens is 2. The minimum Gasteiger partial charge on any atom is -0.378 e. The SMILES string of the molecule is Cc1nn(-c2ccccc2)cc1C(=O)N1CCC(OCCCN)CC1.Cl. The lowest BCUT2D eigenvalue weighted by Crippen LogP contribution is -2.41. The highest BCUT2D eigenvalue weighted by molar-refractivity contribution is 5.95. The van der Waals surface area contributed by atoms with Crippen molar-refractivity contribution < 1.29 is 9.53 Å². The van der Waals surface area contributed by atoms with Gasteiger partial charge >= 0.3 is 0 Å². The lowest BCUT2D eigenvalue weighted by molar-refractivity contribution is 0.00843. The summed E-state index contributed by atoms with van der Waals surface area (Å²) in [4.78, 5) is 14.8. The average molecular weight is 379 g/mol. The molecule has 0 atom stereocenters. The number of benzene rings is 1. The Morgan fingerprint density at radius 3 is 2.62 bits per heavy atom. The molecule has 1 aromatic heterocycles. The first-order valence-electron chi connectivity index (χ1n) is 8.91. The molecular weight excluding hydrogens is 352 g/mol. The van der Waals surface area contributed by atoms with E-state index in [1.54, 1.807) is 4.68 Å². The summed E-state index contributed by atoms with van der Waals surface area (Å²) in [5.74, 6) is 0.0556. The number of amides is 1. The number of likely N-dealkylation sites (tertiary alicyclic amines) is 1. The standard InChI is InChI=1S/C19H26N4O2.ClH/c1-15-18(14-23(21-15)16-6-3-2-4-7-16)19(24)22-11-8-17(9-12-22)25-13-5-10-20;/h2-4,6-7,14,17H,5,8-13,20H2,1H3;1H. The van der Waals surface area contributed by atoms with Crippen LogP contribution in [-0.4, -0.2) is 52.9 Å². The molecule has 1 fully saturated rings. The lowest BCUT2D eigenvalue weighted by Gasteiger charge is -2.31. The van der Waals surface area contributed by atoms with Crippen LogP contribution in [0.4, 0.5) is 0 Å². The van der Waals surface area contributed by atoms with Gasteiger partial charge in [0.2, 0.25) is 0 Å². The summed E-state index contributed by atoms with van der Waals surface area (Å²) in [5, 5.41) is 4.49. The fraction of sp³-hybridized carbons (Fsp3) is 0.474. The van der Waals surface area contributed by atoms with Crippen molar-refractivity contribution in [1.29, 1.82) is 0 Å². The first kappa shape index (κ1) is 20.4. The predicted octanol–water partition coefficient (Wildman–Crippen LogP) is 2.57. The number of piperidine rings is 1. The fourth-order valence-electron chi connectivity index (χ4n) is 3.11. The Bertz CT molecular complexity index is 697. The third-order valence-corrected chi connectivity index (χ3v) is 4.58. The number of hydrogen-bond acceptors (Lipinski definition) is 4. The third-order valence-electron chi connectivity index (χ3n) is 4.58. The molecule has 26 heavy (non-hydrogen) atoms. The molecule has 0 aliphatic carbocycles. The first-order chi connectivity index (χ1) is 12.2. The third kappa shape index (κ3) is 4.84. The van der Waals surface area contributed by atoms with Crippen LogP contribution in [0.2, 0.25) is 0 Å². The number of hydrogen-bond donors (Lipinski definition) is 1. The van der Waals surface area contributed by atoms with Crippen LogP contribution in [0.3, 0.4) is 0 Å². The molecule has 2 aromatic rings. The van der Waals surface area contributed by atoms with Gasteiger partial charge in [0.25, 0.3) is 5.91 Å². The molecule has 1 amide bonds.